The molecule has 3 nitrogen and oxygen atoms in total. The SMILES string of the molecule is Nc1ccc(-n2cc(C(F)(F)F)c3c2CC(F)(F)C3)nc1. The Hall–Kier alpha value is -2.12. The predicted molar refractivity (Wildman–Crippen MR) is 65.3 cm³/mol. The molecule has 0 atom stereocenters. The van der Waals surface area contributed by atoms with Crippen molar-refractivity contribution in [1.29, 1.82) is 0 Å². The van der Waals surface area contributed by atoms with E-state index in [2.05, 4.69) is 4.98 Å². The Labute approximate surface area is 116 Å². The van der Waals surface area contributed by atoms with E-state index in [0.717, 1.165) is 10.8 Å². The Bertz CT molecular complexity index is 685. The second-order valence-electron chi connectivity index (χ2n) is 5.00. The smallest absolute Gasteiger partial charge is 0.397 e. The lowest BCUT2D eigenvalue weighted by atomic mass is 10.1. The molecule has 2 aromatic heterocycles. The van der Waals surface area contributed by atoms with Gasteiger partial charge in [0, 0.05) is 18.3 Å². The molecule has 0 aliphatic heterocycles. The summed E-state index contributed by atoms with van der Waals surface area (Å²) in [6.07, 6.45) is -4.23. The zero-order chi connectivity index (χ0) is 15.4. The zero-order valence-electron chi connectivity index (χ0n) is 10.6. The summed E-state index contributed by atoms with van der Waals surface area (Å²) >= 11 is 0. The van der Waals surface area contributed by atoms with Crippen LogP contribution in [0.2, 0.25) is 0 Å². The highest BCUT2D eigenvalue weighted by atomic mass is 19.4. The van der Waals surface area contributed by atoms with Crippen LogP contribution < -0.4 is 5.73 Å². The number of halogens is 5. The quantitative estimate of drug-likeness (QED) is 0.822. The molecule has 2 N–H and O–H groups in total. The maximum absolute atomic E-state index is 13.5. The highest BCUT2D eigenvalue weighted by Crippen LogP contribution is 2.43. The number of fused-ring (bicyclic) bond motifs is 1. The molecule has 1 aliphatic rings. The Morgan fingerprint density at radius 3 is 2.48 bits per heavy atom. The van der Waals surface area contributed by atoms with Crippen molar-refractivity contribution in [3.8, 4) is 5.82 Å². The van der Waals surface area contributed by atoms with Gasteiger partial charge in [-0.2, -0.15) is 13.2 Å². The van der Waals surface area contributed by atoms with Gasteiger partial charge >= 0.3 is 6.18 Å². The number of anilines is 1. The molecule has 0 saturated carbocycles. The van der Waals surface area contributed by atoms with Crippen LogP contribution in [-0.4, -0.2) is 15.5 Å². The normalized spacial score (nSPS) is 17.0. The summed E-state index contributed by atoms with van der Waals surface area (Å²) in [5.41, 5.74) is 4.36. The molecule has 0 radical (unpaired) electrons. The van der Waals surface area contributed by atoms with E-state index in [-0.39, 0.29) is 17.1 Å². The lowest BCUT2D eigenvalue weighted by molar-refractivity contribution is -0.138. The summed E-state index contributed by atoms with van der Waals surface area (Å²) < 4.78 is 67.0. The van der Waals surface area contributed by atoms with E-state index in [4.69, 9.17) is 5.73 Å². The van der Waals surface area contributed by atoms with E-state index >= 15 is 0 Å². The van der Waals surface area contributed by atoms with Crippen molar-refractivity contribution in [2.24, 2.45) is 0 Å². The summed E-state index contributed by atoms with van der Waals surface area (Å²) in [5.74, 6) is -3.03. The van der Waals surface area contributed by atoms with Gasteiger partial charge in [0.05, 0.1) is 23.9 Å². The third kappa shape index (κ3) is 2.34. The number of aromatic nitrogens is 2. The third-order valence-corrected chi connectivity index (χ3v) is 3.41. The fourth-order valence-corrected chi connectivity index (χ4v) is 2.53. The summed E-state index contributed by atoms with van der Waals surface area (Å²) in [4.78, 5) is 3.89. The molecule has 0 fully saturated rings. The number of alkyl halides is 5. The largest absolute Gasteiger partial charge is 0.418 e. The van der Waals surface area contributed by atoms with Crippen molar-refractivity contribution in [2.45, 2.75) is 24.9 Å². The first-order chi connectivity index (χ1) is 9.67. The minimum atomic E-state index is -4.68. The van der Waals surface area contributed by atoms with E-state index in [0.29, 0.717) is 5.69 Å². The van der Waals surface area contributed by atoms with Crippen LogP contribution >= 0.6 is 0 Å². The molecule has 0 unspecified atom stereocenters. The van der Waals surface area contributed by atoms with Gasteiger partial charge in [0.25, 0.3) is 5.92 Å². The van der Waals surface area contributed by atoms with Crippen LogP contribution in [0.4, 0.5) is 27.6 Å². The molecule has 0 bridgehead atoms. The number of hydrogen-bond acceptors (Lipinski definition) is 2. The maximum atomic E-state index is 13.5. The van der Waals surface area contributed by atoms with Gasteiger partial charge in [-0.1, -0.05) is 0 Å². The molecule has 0 saturated heterocycles. The fourth-order valence-electron chi connectivity index (χ4n) is 2.53. The topological polar surface area (TPSA) is 43.8 Å². The molecule has 1 aliphatic carbocycles. The molecule has 0 aromatic carbocycles. The lowest BCUT2D eigenvalue weighted by Crippen LogP contribution is -2.18. The van der Waals surface area contributed by atoms with Crippen molar-refractivity contribution in [2.75, 3.05) is 5.73 Å². The highest BCUT2D eigenvalue weighted by molar-refractivity contribution is 5.46. The van der Waals surface area contributed by atoms with Crippen LogP contribution in [0.1, 0.15) is 16.8 Å². The molecule has 0 spiro atoms. The van der Waals surface area contributed by atoms with E-state index in [1.165, 1.54) is 18.3 Å². The number of nitrogen functional groups attached to an aromatic ring is 1. The lowest BCUT2D eigenvalue weighted by Gasteiger charge is -2.11. The molecular formula is C13H10F5N3. The molecule has 21 heavy (non-hydrogen) atoms. The average Bonchev–Trinajstić information content (AvgIpc) is 2.82. The second kappa shape index (κ2) is 4.19. The van der Waals surface area contributed by atoms with Crippen molar-refractivity contribution in [3.05, 3.63) is 41.3 Å². The minimum Gasteiger partial charge on any atom is -0.397 e. The monoisotopic (exact) mass is 303 g/mol. The van der Waals surface area contributed by atoms with Crippen molar-refractivity contribution < 1.29 is 22.0 Å². The van der Waals surface area contributed by atoms with Gasteiger partial charge < -0.3 is 10.3 Å². The van der Waals surface area contributed by atoms with E-state index < -0.39 is 30.5 Å². The predicted octanol–water partition coefficient (Wildman–Crippen LogP) is 3.21. The molecule has 0 amide bonds. The summed E-state index contributed by atoms with van der Waals surface area (Å²) in [6.45, 7) is 0. The summed E-state index contributed by atoms with van der Waals surface area (Å²) in [5, 5.41) is 0. The number of nitrogens with zero attached hydrogens (tertiary/aromatic N) is 2. The zero-order valence-corrected chi connectivity index (χ0v) is 10.6. The Morgan fingerprint density at radius 1 is 1.19 bits per heavy atom. The average molecular weight is 303 g/mol. The van der Waals surface area contributed by atoms with Crippen LogP contribution in [0.15, 0.2) is 24.5 Å². The second-order valence-corrected chi connectivity index (χ2v) is 5.00. The third-order valence-electron chi connectivity index (χ3n) is 3.41. The van der Waals surface area contributed by atoms with Gasteiger partial charge in [-0.15, -0.1) is 0 Å². The highest BCUT2D eigenvalue weighted by Gasteiger charge is 2.46. The van der Waals surface area contributed by atoms with E-state index in [9.17, 15) is 22.0 Å². The molecule has 3 rings (SSSR count). The molecule has 112 valence electrons. The van der Waals surface area contributed by atoms with Crippen LogP contribution in [0.25, 0.3) is 5.82 Å². The standard InChI is InChI=1S/C13H10F5N3/c14-12(15)3-8-9(13(16,17)18)6-21(10(8)4-12)11-2-1-7(19)5-20-11/h1-2,5-6H,3-4,19H2. The number of rotatable bonds is 1. The number of hydrogen-bond donors (Lipinski definition) is 1. The molecule has 8 heteroatoms. The van der Waals surface area contributed by atoms with Crippen LogP contribution in [0, 0.1) is 0 Å². The maximum Gasteiger partial charge on any atom is 0.418 e. The fraction of sp³-hybridized carbons (Fsp3) is 0.308. The first-order valence-corrected chi connectivity index (χ1v) is 6.07. The van der Waals surface area contributed by atoms with Gasteiger partial charge in [-0.3, -0.25) is 0 Å². The van der Waals surface area contributed by atoms with Gasteiger partial charge in [0.2, 0.25) is 0 Å². The van der Waals surface area contributed by atoms with Gasteiger partial charge in [0.15, 0.2) is 0 Å². The summed E-state index contributed by atoms with van der Waals surface area (Å²) in [7, 11) is 0. The Morgan fingerprint density at radius 2 is 1.90 bits per heavy atom. The van der Waals surface area contributed by atoms with E-state index in [1.54, 1.807) is 0 Å². The van der Waals surface area contributed by atoms with Gasteiger partial charge in [-0.25, -0.2) is 13.8 Å². The molecular weight excluding hydrogens is 293 g/mol. The van der Waals surface area contributed by atoms with E-state index in [1.807, 2.05) is 0 Å². The van der Waals surface area contributed by atoms with Crippen LogP contribution in [0.5, 0.6) is 0 Å². The first kappa shape index (κ1) is 13.8. The number of nitrogens with two attached hydrogens (primary N) is 1. The Kier molecular flexibility index (Phi) is 2.76. The van der Waals surface area contributed by atoms with Gasteiger partial charge in [0.1, 0.15) is 5.82 Å². The molecule has 2 aromatic rings. The Balaban J connectivity index is 2.17. The molecule has 2 heterocycles. The minimum absolute atomic E-state index is 0.0513. The summed E-state index contributed by atoms with van der Waals surface area (Å²) in [6, 6.07) is 2.85. The van der Waals surface area contributed by atoms with Crippen molar-refractivity contribution in [1.82, 2.24) is 9.55 Å². The van der Waals surface area contributed by atoms with Crippen LogP contribution in [0.3, 0.4) is 0 Å². The first-order valence-electron chi connectivity index (χ1n) is 6.07. The number of pyridine rings is 1. The van der Waals surface area contributed by atoms with Crippen molar-refractivity contribution in [3.63, 3.8) is 0 Å². The van der Waals surface area contributed by atoms with Crippen molar-refractivity contribution >= 4 is 5.69 Å². The van der Waals surface area contributed by atoms with Crippen LogP contribution in [-0.2, 0) is 19.0 Å². The van der Waals surface area contributed by atoms with Gasteiger partial charge in [-0.05, 0) is 17.7 Å².